The number of rotatable bonds is 5. The highest BCUT2D eigenvalue weighted by atomic mass is 16.5. The van der Waals surface area contributed by atoms with Gasteiger partial charge in [-0.25, -0.2) is 0 Å². The summed E-state index contributed by atoms with van der Waals surface area (Å²) in [5.74, 6) is 0.409. The number of methoxy groups -OCH3 is 1. The van der Waals surface area contributed by atoms with Crippen LogP contribution in [-0.2, 0) is 9.53 Å². The van der Waals surface area contributed by atoms with Gasteiger partial charge in [0.15, 0.2) is 0 Å². The van der Waals surface area contributed by atoms with Gasteiger partial charge in [0.25, 0.3) is 0 Å². The second-order valence-electron chi connectivity index (χ2n) is 3.42. The summed E-state index contributed by atoms with van der Waals surface area (Å²) in [6, 6.07) is 7.33. The quantitative estimate of drug-likeness (QED) is 0.789. The normalized spacial score (nSPS) is 11.1. The first kappa shape index (κ1) is 13.3. The second-order valence-corrected chi connectivity index (χ2v) is 3.42. The van der Waals surface area contributed by atoms with Crippen LogP contribution in [-0.4, -0.2) is 31.4 Å². The van der Waals surface area contributed by atoms with Crippen molar-refractivity contribution < 1.29 is 19.4 Å². The molecule has 0 heterocycles. The molecular weight excluding hydrogens is 220 g/mol. The van der Waals surface area contributed by atoms with Crippen molar-refractivity contribution in [1.82, 2.24) is 0 Å². The zero-order valence-electron chi connectivity index (χ0n) is 9.97. The fourth-order valence-electron chi connectivity index (χ4n) is 1.35. The molecule has 0 aromatic heterocycles. The number of aliphatic hydroxyl groups excluding tert-OH is 1. The van der Waals surface area contributed by atoms with Gasteiger partial charge in [0.2, 0.25) is 0 Å². The van der Waals surface area contributed by atoms with Gasteiger partial charge in [-0.1, -0.05) is 18.2 Å². The molecule has 0 radical (unpaired) electrons. The monoisotopic (exact) mass is 236 g/mol. The smallest absolute Gasteiger partial charge is 0.302 e. The molecule has 4 nitrogen and oxygen atoms in total. The highest BCUT2D eigenvalue weighted by Gasteiger charge is 2.04. The molecule has 4 heteroatoms. The number of esters is 1. The predicted octanol–water partition coefficient (Wildman–Crippen LogP) is 1.63. The molecule has 0 saturated heterocycles. The molecule has 0 unspecified atom stereocenters. The van der Waals surface area contributed by atoms with Crippen molar-refractivity contribution in [2.75, 3.05) is 20.3 Å². The molecule has 0 aliphatic rings. The van der Waals surface area contributed by atoms with Gasteiger partial charge in [-0.05, 0) is 23.3 Å². The van der Waals surface area contributed by atoms with E-state index in [4.69, 9.17) is 14.6 Å². The van der Waals surface area contributed by atoms with Gasteiger partial charge in [0.05, 0.1) is 13.7 Å². The summed E-state index contributed by atoms with van der Waals surface area (Å²) in [5.41, 5.74) is 1.66. The standard InChI is InChI=1S/C13H16O4/c1-10(15)17-9-12(7-8-14)11-3-5-13(16-2)6-4-11/h3-7,14H,8-9H2,1-2H3/b12-7-. The molecular formula is C13H16O4. The zero-order chi connectivity index (χ0) is 12.7. The topological polar surface area (TPSA) is 55.8 Å². The molecule has 0 bridgehead atoms. The van der Waals surface area contributed by atoms with E-state index < -0.39 is 0 Å². The molecule has 0 saturated carbocycles. The molecule has 0 atom stereocenters. The average Bonchev–Trinajstić information content (AvgIpc) is 2.34. The van der Waals surface area contributed by atoms with E-state index >= 15 is 0 Å². The number of aliphatic hydroxyl groups is 1. The van der Waals surface area contributed by atoms with Gasteiger partial charge in [0, 0.05) is 6.92 Å². The Morgan fingerprint density at radius 3 is 2.47 bits per heavy atom. The Bertz CT molecular complexity index is 392. The zero-order valence-corrected chi connectivity index (χ0v) is 9.97. The lowest BCUT2D eigenvalue weighted by atomic mass is 10.1. The fraction of sp³-hybridized carbons (Fsp3) is 0.308. The van der Waals surface area contributed by atoms with Gasteiger partial charge in [-0.15, -0.1) is 0 Å². The van der Waals surface area contributed by atoms with Crippen LogP contribution >= 0.6 is 0 Å². The molecule has 1 N–H and O–H groups in total. The second kappa shape index (κ2) is 6.70. The minimum absolute atomic E-state index is 0.0946. The average molecular weight is 236 g/mol. The van der Waals surface area contributed by atoms with Gasteiger partial charge in [0.1, 0.15) is 12.4 Å². The lowest BCUT2D eigenvalue weighted by Crippen LogP contribution is -2.03. The Hall–Kier alpha value is -1.81. The van der Waals surface area contributed by atoms with Crippen LogP contribution in [0.5, 0.6) is 5.75 Å². The summed E-state index contributed by atoms with van der Waals surface area (Å²) >= 11 is 0. The van der Waals surface area contributed by atoms with Crippen molar-refractivity contribution in [3.05, 3.63) is 35.9 Å². The Labute approximate surface area is 100 Å². The first-order chi connectivity index (χ1) is 8.17. The van der Waals surface area contributed by atoms with E-state index in [0.29, 0.717) is 0 Å². The van der Waals surface area contributed by atoms with Gasteiger partial charge >= 0.3 is 5.97 Å². The fourth-order valence-corrected chi connectivity index (χ4v) is 1.35. The van der Waals surface area contributed by atoms with Crippen LogP contribution in [0.3, 0.4) is 0 Å². The third-order valence-electron chi connectivity index (χ3n) is 2.23. The number of carbonyl (C=O) groups is 1. The molecule has 0 aliphatic carbocycles. The summed E-state index contributed by atoms with van der Waals surface area (Å²) in [4.78, 5) is 10.8. The number of carbonyl (C=O) groups excluding carboxylic acids is 1. The summed E-state index contributed by atoms with van der Waals surface area (Å²) in [7, 11) is 1.60. The van der Waals surface area contributed by atoms with Crippen LogP contribution < -0.4 is 4.74 Å². The number of ether oxygens (including phenoxy) is 2. The van der Waals surface area contributed by atoms with Crippen molar-refractivity contribution in [3.63, 3.8) is 0 Å². The van der Waals surface area contributed by atoms with E-state index in [2.05, 4.69) is 0 Å². The number of hydrogen-bond donors (Lipinski definition) is 1. The first-order valence-corrected chi connectivity index (χ1v) is 5.25. The molecule has 0 fully saturated rings. The summed E-state index contributed by atoms with van der Waals surface area (Å²) < 4.78 is 9.97. The minimum Gasteiger partial charge on any atom is -0.497 e. The van der Waals surface area contributed by atoms with Crippen molar-refractivity contribution in [2.24, 2.45) is 0 Å². The lowest BCUT2D eigenvalue weighted by Gasteiger charge is -2.08. The SMILES string of the molecule is COc1ccc(/C(=C\CO)COC(C)=O)cc1. The van der Waals surface area contributed by atoms with E-state index in [-0.39, 0.29) is 19.2 Å². The Balaban J connectivity index is 2.82. The van der Waals surface area contributed by atoms with Gasteiger partial charge in [-0.3, -0.25) is 4.79 Å². The largest absolute Gasteiger partial charge is 0.497 e. The molecule has 0 spiro atoms. The number of benzene rings is 1. The Kier molecular flexibility index (Phi) is 5.23. The van der Waals surface area contributed by atoms with Crippen molar-refractivity contribution in [1.29, 1.82) is 0 Å². The van der Waals surface area contributed by atoms with Crippen LogP contribution in [0.15, 0.2) is 30.3 Å². The third kappa shape index (κ3) is 4.28. The van der Waals surface area contributed by atoms with E-state index in [9.17, 15) is 4.79 Å². The summed E-state index contributed by atoms with van der Waals surface area (Å²) in [5, 5.41) is 8.92. The highest BCUT2D eigenvalue weighted by molar-refractivity contribution is 5.71. The Morgan fingerprint density at radius 2 is 2.00 bits per heavy atom. The number of hydrogen-bond acceptors (Lipinski definition) is 4. The van der Waals surface area contributed by atoms with Gasteiger partial charge < -0.3 is 14.6 Å². The first-order valence-electron chi connectivity index (χ1n) is 5.25. The van der Waals surface area contributed by atoms with Crippen LogP contribution in [0.1, 0.15) is 12.5 Å². The summed E-state index contributed by atoms with van der Waals surface area (Å²) in [6.45, 7) is 1.41. The van der Waals surface area contributed by atoms with Crippen LogP contribution in [0.2, 0.25) is 0 Å². The molecule has 1 aromatic carbocycles. The molecule has 1 aromatic rings. The van der Waals surface area contributed by atoms with Crippen LogP contribution in [0.4, 0.5) is 0 Å². The molecule has 0 aliphatic heterocycles. The Morgan fingerprint density at radius 1 is 1.35 bits per heavy atom. The lowest BCUT2D eigenvalue weighted by molar-refractivity contribution is -0.139. The maximum Gasteiger partial charge on any atom is 0.302 e. The molecule has 1 rings (SSSR count). The summed E-state index contributed by atoms with van der Waals surface area (Å²) in [6.07, 6.45) is 1.62. The van der Waals surface area contributed by atoms with Crippen LogP contribution in [0, 0.1) is 0 Å². The van der Waals surface area contributed by atoms with E-state index in [1.54, 1.807) is 13.2 Å². The molecule has 17 heavy (non-hydrogen) atoms. The maximum atomic E-state index is 10.8. The minimum atomic E-state index is -0.345. The van der Waals surface area contributed by atoms with E-state index in [1.807, 2.05) is 24.3 Å². The van der Waals surface area contributed by atoms with Gasteiger partial charge in [-0.2, -0.15) is 0 Å². The van der Waals surface area contributed by atoms with E-state index in [0.717, 1.165) is 16.9 Å². The van der Waals surface area contributed by atoms with E-state index in [1.165, 1.54) is 6.92 Å². The highest BCUT2D eigenvalue weighted by Crippen LogP contribution is 2.18. The predicted molar refractivity (Wildman–Crippen MR) is 64.7 cm³/mol. The maximum absolute atomic E-state index is 10.8. The molecule has 0 amide bonds. The molecule has 92 valence electrons. The third-order valence-corrected chi connectivity index (χ3v) is 2.23. The van der Waals surface area contributed by atoms with Crippen molar-refractivity contribution >= 4 is 11.5 Å². The van der Waals surface area contributed by atoms with Crippen LogP contribution in [0.25, 0.3) is 5.57 Å². The van der Waals surface area contributed by atoms with Crippen molar-refractivity contribution in [3.8, 4) is 5.75 Å². The van der Waals surface area contributed by atoms with Crippen molar-refractivity contribution in [2.45, 2.75) is 6.92 Å².